The molecule has 0 spiro atoms. The highest BCUT2D eigenvalue weighted by Gasteiger charge is 2.41. The molecule has 0 amide bonds. The molecule has 1 aromatic carbocycles. The van der Waals surface area contributed by atoms with Crippen molar-refractivity contribution in [2.45, 2.75) is 33.2 Å². The van der Waals surface area contributed by atoms with Crippen LogP contribution in [-0.2, 0) is 0 Å². The normalized spacial score (nSPS) is 24.5. The second-order valence-corrected chi connectivity index (χ2v) is 5.34. The summed E-state index contributed by atoms with van der Waals surface area (Å²) < 4.78 is 5.56. The summed E-state index contributed by atoms with van der Waals surface area (Å²) in [6.07, 6.45) is 1.32. The Morgan fingerprint density at radius 1 is 1.35 bits per heavy atom. The number of aryl methyl sites for hydroxylation is 2. The van der Waals surface area contributed by atoms with Gasteiger partial charge in [-0.15, -0.1) is 0 Å². The standard InChI is InChI=1S/C15H23NO/c1-9-6-11(3)14(13(7-9)17-5)15(16-4)12-8-10(12)2/h6-7,10,12,15-16H,8H2,1-5H3. The van der Waals surface area contributed by atoms with E-state index in [0.717, 1.165) is 17.6 Å². The van der Waals surface area contributed by atoms with E-state index in [1.54, 1.807) is 7.11 Å². The summed E-state index contributed by atoms with van der Waals surface area (Å²) in [7, 11) is 3.81. The lowest BCUT2D eigenvalue weighted by Crippen LogP contribution is -2.21. The Labute approximate surface area is 104 Å². The summed E-state index contributed by atoms with van der Waals surface area (Å²) >= 11 is 0. The lowest BCUT2D eigenvalue weighted by molar-refractivity contribution is 0.392. The zero-order valence-electron chi connectivity index (χ0n) is 11.5. The van der Waals surface area contributed by atoms with Crippen LogP contribution in [0.2, 0.25) is 0 Å². The van der Waals surface area contributed by atoms with E-state index in [1.165, 1.54) is 23.1 Å². The Morgan fingerprint density at radius 3 is 2.47 bits per heavy atom. The summed E-state index contributed by atoms with van der Waals surface area (Å²) in [4.78, 5) is 0. The van der Waals surface area contributed by atoms with Crippen LogP contribution >= 0.6 is 0 Å². The molecular formula is C15H23NO. The third-order valence-corrected chi connectivity index (χ3v) is 3.94. The number of benzene rings is 1. The minimum absolute atomic E-state index is 0.431. The van der Waals surface area contributed by atoms with Gasteiger partial charge in [0.15, 0.2) is 0 Å². The van der Waals surface area contributed by atoms with E-state index in [9.17, 15) is 0 Å². The van der Waals surface area contributed by atoms with Gasteiger partial charge in [0.05, 0.1) is 7.11 Å². The van der Waals surface area contributed by atoms with Crippen LogP contribution in [0.25, 0.3) is 0 Å². The van der Waals surface area contributed by atoms with Crippen molar-refractivity contribution >= 4 is 0 Å². The third kappa shape index (κ3) is 2.32. The molecule has 1 aliphatic rings. The third-order valence-electron chi connectivity index (χ3n) is 3.94. The number of hydrogen-bond acceptors (Lipinski definition) is 2. The molecule has 1 aliphatic carbocycles. The monoisotopic (exact) mass is 233 g/mol. The molecule has 0 bridgehead atoms. The van der Waals surface area contributed by atoms with Gasteiger partial charge in [0, 0.05) is 11.6 Å². The minimum Gasteiger partial charge on any atom is -0.496 e. The molecule has 3 unspecified atom stereocenters. The Hall–Kier alpha value is -1.02. The maximum atomic E-state index is 5.56. The van der Waals surface area contributed by atoms with Crippen LogP contribution in [0.4, 0.5) is 0 Å². The molecular weight excluding hydrogens is 210 g/mol. The highest BCUT2D eigenvalue weighted by Crippen LogP contribution is 2.49. The summed E-state index contributed by atoms with van der Waals surface area (Å²) in [5, 5.41) is 3.47. The molecule has 3 atom stereocenters. The van der Waals surface area contributed by atoms with Crippen molar-refractivity contribution in [2.75, 3.05) is 14.2 Å². The molecule has 0 radical (unpaired) electrons. The first kappa shape index (κ1) is 12.4. The number of hydrogen-bond donors (Lipinski definition) is 1. The number of ether oxygens (including phenoxy) is 1. The first-order chi connectivity index (χ1) is 8.08. The smallest absolute Gasteiger partial charge is 0.124 e. The van der Waals surface area contributed by atoms with Gasteiger partial charge >= 0.3 is 0 Å². The van der Waals surface area contributed by atoms with Crippen molar-refractivity contribution in [3.8, 4) is 5.75 Å². The molecule has 2 nitrogen and oxygen atoms in total. The van der Waals surface area contributed by atoms with E-state index in [-0.39, 0.29) is 0 Å². The lowest BCUT2D eigenvalue weighted by Gasteiger charge is -2.22. The molecule has 17 heavy (non-hydrogen) atoms. The van der Waals surface area contributed by atoms with Crippen LogP contribution < -0.4 is 10.1 Å². The summed E-state index contributed by atoms with van der Waals surface area (Å²) in [5.74, 6) is 2.62. The fourth-order valence-corrected chi connectivity index (χ4v) is 2.90. The van der Waals surface area contributed by atoms with Crippen molar-refractivity contribution in [1.82, 2.24) is 5.32 Å². The van der Waals surface area contributed by atoms with Gasteiger partial charge in [0.25, 0.3) is 0 Å². The van der Waals surface area contributed by atoms with E-state index in [1.807, 2.05) is 0 Å². The molecule has 0 heterocycles. The Kier molecular flexibility index (Phi) is 3.43. The minimum atomic E-state index is 0.431. The molecule has 0 aliphatic heterocycles. The molecule has 0 aromatic heterocycles. The fourth-order valence-electron chi connectivity index (χ4n) is 2.90. The maximum Gasteiger partial charge on any atom is 0.124 e. The molecule has 1 N–H and O–H groups in total. The van der Waals surface area contributed by atoms with Crippen molar-refractivity contribution in [3.05, 3.63) is 28.8 Å². The van der Waals surface area contributed by atoms with Gasteiger partial charge in [-0.3, -0.25) is 0 Å². The van der Waals surface area contributed by atoms with Gasteiger partial charge < -0.3 is 10.1 Å². The molecule has 1 aromatic rings. The van der Waals surface area contributed by atoms with Gasteiger partial charge in [0.1, 0.15) is 5.75 Å². The van der Waals surface area contributed by atoms with Crippen LogP contribution in [0, 0.1) is 25.7 Å². The highest BCUT2D eigenvalue weighted by molar-refractivity contribution is 5.45. The molecule has 2 heteroatoms. The Balaban J connectivity index is 2.41. The largest absolute Gasteiger partial charge is 0.496 e. The maximum absolute atomic E-state index is 5.56. The zero-order chi connectivity index (χ0) is 12.6. The predicted molar refractivity (Wildman–Crippen MR) is 71.5 cm³/mol. The second kappa shape index (κ2) is 4.69. The first-order valence-corrected chi connectivity index (χ1v) is 6.40. The first-order valence-electron chi connectivity index (χ1n) is 6.40. The van der Waals surface area contributed by atoms with Gasteiger partial charge in [-0.05, 0) is 56.3 Å². The van der Waals surface area contributed by atoms with Crippen LogP contribution in [0.5, 0.6) is 5.75 Å². The van der Waals surface area contributed by atoms with Gasteiger partial charge in [-0.2, -0.15) is 0 Å². The second-order valence-electron chi connectivity index (χ2n) is 5.34. The summed E-state index contributed by atoms with van der Waals surface area (Å²) in [5.41, 5.74) is 3.94. The van der Waals surface area contributed by atoms with Gasteiger partial charge in [0.2, 0.25) is 0 Å². The summed E-state index contributed by atoms with van der Waals surface area (Å²) in [6.45, 7) is 6.63. The zero-order valence-corrected chi connectivity index (χ0v) is 11.5. The van der Waals surface area contributed by atoms with Crippen molar-refractivity contribution in [2.24, 2.45) is 11.8 Å². The van der Waals surface area contributed by atoms with E-state index >= 15 is 0 Å². The molecule has 0 saturated heterocycles. The molecule has 1 saturated carbocycles. The van der Waals surface area contributed by atoms with Crippen molar-refractivity contribution < 1.29 is 4.74 Å². The summed E-state index contributed by atoms with van der Waals surface area (Å²) in [6, 6.07) is 4.81. The van der Waals surface area contributed by atoms with Gasteiger partial charge in [-0.25, -0.2) is 0 Å². The number of methoxy groups -OCH3 is 1. The molecule has 94 valence electrons. The van der Waals surface area contributed by atoms with Crippen LogP contribution in [0.15, 0.2) is 12.1 Å². The number of nitrogens with one attached hydrogen (secondary N) is 1. The van der Waals surface area contributed by atoms with Crippen LogP contribution in [0.3, 0.4) is 0 Å². The van der Waals surface area contributed by atoms with E-state index < -0.39 is 0 Å². The lowest BCUT2D eigenvalue weighted by atomic mass is 9.94. The van der Waals surface area contributed by atoms with E-state index in [2.05, 4.69) is 45.3 Å². The average Bonchev–Trinajstić information content (AvgIpc) is 2.99. The topological polar surface area (TPSA) is 21.3 Å². The predicted octanol–water partition coefficient (Wildman–Crippen LogP) is 3.23. The van der Waals surface area contributed by atoms with Gasteiger partial charge in [-0.1, -0.05) is 13.0 Å². The highest BCUT2D eigenvalue weighted by atomic mass is 16.5. The number of rotatable bonds is 4. The fraction of sp³-hybridized carbons (Fsp3) is 0.600. The van der Waals surface area contributed by atoms with E-state index in [0.29, 0.717) is 6.04 Å². The SMILES string of the molecule is CNC(c1c(C)cc(C)cc1OC)C1CC1C. The quantitative estimate of drug-likeness (QED) is 0.862. The van der Waals surface area contributed by atoms with Crippen LogP contribution in [0.1, 0.15) is 36.1 Å². The van der Waals surface area contributed by atoms with Crippen molar-refractivity contribution in [3.63, 3.8) is 0 Å². The molecule has 2 rings (SSSR count). The average molecular weight is 233 g/mol. The van der Waals surface area contributed by atoms with E-state index in [4.69, 9.17) is 4.74 Å². The van der Waals surface area contributed by atoms with Crippen LogP contribution in [-0.4, -0.2) is 14.2 Å². The molecule has 1 fully saturated rings. The van der Waals surface area contributed by atoms with Crippen molar-refractivity contribution in [1.29, 1.82) is 0 Å². The Morgan fingerprint density at radius 2 is 2.00 bits per heavy atom. The Bertz CT molecular complexity index is 414.